The van der Waals surface area contributed by atoms with Gasteiger partial charge in [-0.2, -0.15) is 0 Å². The summed E-state index contributed by atoms with van der Waals surface area (Å²) in [7, 11) is 1.82. The molecule has 6 heteroatoms. The van der Waals surface area contributed by atoms with Crippen molar-refractivity contribution in [2.75, 3.05) is 26.8 Å². The van der Waals surface area contributed by atoms with Gasteiger partial charge in [0.1, 0.15) is 0 Å². The Labute approximate surface area is 120 Å². The lowest BCUT2D eigenvalue weighted by Crippen LogP contribution is -2.50. The standard InChI is InChI=1S/C14H26N2O4/c1-11(2)16(8-4-5-13(17)18)14(19)15(3)12-6-9-20-10-7-12/h11-12H,4-10H2,1-3H3,(H,17,18). The molecule has 1 N–H and O–H groups in total. The Kier molecular flexibility index (Phi) is 6.78. The first-order chi connectivity index (χ1) is 9.43. The van der Waals surface area contributed by atoms with Crippen molar-refractivity contribution in [2.24, 2.45) is 0 Å². The summed E-state index contributed by atoms with van der Waals surface area (Å²) in [4.78, 5) is 26.6. The Morgan fingerprint density at radius 1 is 1.30 bits per heavy atom. The number of carbonyl (C=O) groups is 2. The molecule has 0 bridgehead atoms. The second kappa shape index (κ2) is 8.09. The summed E-state index contributed by atoms with van der Waals surface area (Å²) in [5.74, 6) is -0.820. The van der Waals surface area contributed by atoms with E-state index in [9.17, 15) is 9.59 Å². The van der Waals surface area contributed by atoms with Gasteiger partial charge in [-0.25, -0.2) is 4.79 Å². The molecule has 1 heterocycles. The van der Waals surface area contributed by atoms with Crippen LogP contribution >= 0.6 is 0 Å². The Hall–Kier alpha value is -1.30. The topological polar surface area (TPSA) is 70.1 Å². The maximum Gasteiger partial charge on any atom is 0.320 e. The molecule has 116 valence electrons. The van der Waals surface area contributed by atoms with E-state index in [1.807, 2.05) is 20.9 Å². The number of ether oxygens (including phenoxy) is 1. The Balaban J connectivity index is 2.55. The lowest BCUT2D eigenvalue weighted by Gasteiger charge is -2.37. The third-order valence-electron chi connectivity index (χ3n) is 3.70. The smallest absolute Gasteiger partial charge is 0.320 e. The maximum absolute atomic E-state index is 12.5. The van der Waals surface area contributed by atoms with Crippen molar-refractivity contribution in [3.05, 3.63) is 0 Å². The fourth-order valence-electron chi connectivity index (χ4n) is 2.41. The number of nitrogens with zero attached hydrogens (tertiary/aromatic N) is 2. The molecule has 1 rings (SSSR count). The van der Waals surface area contributed by atoms with Crippen LogP contribution in [0, 0.1) is 0 Å². The molecule has 20 heavy (non-hydrogen) atoms. The normalized spacial score (nSPS) is 16.2. The summed E-state index contributed by atoms with van der Waals surface area (Å²) in [5.41, 5.74) is 0. The molecule has 1 aliphatic rings. The molecule has 0 aromatic carbocycles. The van der Waals surface area contributed by atoms with Gasteiger partial charge in [0.05, 0.1) is 0 Å². The fourth-order valence-corrected chi connectivity index (χ4v) is 2.41. The molecular formula is C14H26N2O4. The average Bonchev–Trinajstić information content (AvgIpc) is 2.42. The Morgan fingerprint density at radius 2 is 1.90 bits per heavy atom. The molecule has 1 saturated heterocycles. The minimum Gasteiger partial charge on any atom is -0.481 e. The summed E-state index contributed by atoms with van der Waals surface area (Å²) < 4.78 is 5.31. The van der Waals surface area contributed by atoms with E-state index in [0.29, 0.717) is 26.2 Å². The summed E-state index contributed by atoms with van der Waals surface area (Å²) in [6.07, 6.45) is 2.31. The van der Waals surface area contributed by atoms with Crippen molar-refractivity contribution in [3.63, 3.8) is 0 Å². The Bertz CT molecular complexity index is 327. The zero-order chi connectivity index (χ0) is 15.1. The number of carboxylic acids is 1. The van der Waals surface area contributed by atoms with Crippen LogP contribution in [0.3, 0.4) is 0 Å². The predicted octanol–water partition coefficient (Wildman–Crippen LogP) is 1.79. The van der Waals surface area contributed by atoms with Crippen molar-refractivity contribution >= 4 is 12.0 Å². The molecular weight excluding hydrogens is 260 g/mol. The zero-order valence-electron chi connectivity index (χ0n) is 12.7. The first kappa shape index (κ1) is 16.8. The number of amides is 2. The molecule has 1 fully saturated rings. The molecule has 0 aromatic rings. The minimum absolute atomic E-state index is 0.0164. The number of urea groups is 1. The molecule has 2 amide bonds. The summed E-state index contributed by atoms with van der Waals surface area (Å²) >= 11 is 0. The van der Waals surface area contributed by atoms with Crippen LogP contribution in [0.2, 0.25) is 0 Å². The fraction of sp³-hybridized carbons (Fsp3) is 0.857. The second-order valence-electron chi connectivity index (χ2n) is 5.52. The monoisotopic (exact) mass is 286 g/mol. The first-order valence-electron chi connectivity index (χ1n) is 7.26. The van der Waals surface area contributed by atoms with Crippen molar-refractivity contribution in [3.8, 4) is 0 Å². The third kappa shape index (κ3) is 5.00. The van der Waals surface area contributed by atoms with Gasteiger partial charge < -0.3 is 19.6 Å². The lowest BCUT2D eigenvalue weighted by molar-refractivity contribution is -0.137. The quantitative estimate of drug-likeness (QED) is 0.808. The van der Waals surface area contributed by atoms with Gasteiger partial charge in [-0.1, -0.05) is 0 Å². The highest BCUT2D eigenvalue weighted by Crippen LogP contribution is 2.16. The first-order valence-corrected chi connectivity index (χ1v) is 7.26. The minimum atomic E-state index is -0.820. The van der Waals surface area contributed by atoms with E-state index in [-0.39, 0.29) is 24.5 Å². The Morgan fingerprint density at radius 3 is 2.40 bits per heavy atom. The average molecular weight is 286 g/mol. The molecule has 0 unspecified atom stereocenters. The molecule has 0 atom stereocenters. The number of aliphatic carboxylic acids is 1. The zero-order valence-corrected chi connectivity index (χ0v) is 12.7. The third-order valence-corrected chi connectivity index (χ3v) is 3.70. The van der Waals surface area contributed by atoms with Gasteiger partial charge in [0.2, 0.25) is 0 Å². The van der Waals surface area contributed by atoms with Crippen molar-refractivity contribution in [2.45, 2.75) is 51.6 Å². The highest BCUT2D eigenvalue weighted by Gasteiger charge is 2.27. The van der Waals surface area contributed by atoms with E-state index in [4.69, 9.17) is 9.84 Å². The van der Waals surface area contributed by atoms with Crippen molar-refractivity contribution in [1.82, 2.24) is 9.80 Å². The van der Waals surface area contributed by atoms with E-state index < -0.39 is 5.97 Å². The highest BCUT2D eigenvalue weighted by atomic mass is 16.5. The van der Waals surface area contributed by atoms with Crippen LogP contribution in [0.25, 0.3) is 0 Å². The maximum atomic E-state index is 12.5. The molecule has 1 aliphatic heterocycles. The largest absolute Gasteiger partial charge is 0.481 e. The summed E-state index contributed by atoms with van der Waals surface area (Å²) in [6, 6.07) is 0.271. The van der Waals surface area contributed by atoms with Crippen molar-refractivity contribution < 1.29 is 19.4 Å². The van der Waals surface area contributed by atoms with E-state index in [0.717, 1.165) is 12.8 Å². The summed E-state index contributed by atoms with van der Waals surface area (Å²) in [6.45, 7) is 5.79. The number of carboxylic acid groups (broad SMARTS) is 1. The van der Waals surface area contributed by atoms with E-state index in [2.05, 4.69) is 0 Å². The van der Waals surface area contributed by atoms with E-state index in [1.165, 1.54) is 0 Å². The van der Waals surface area contributed by atoms with Crippen LogP contribution < -0.4 is 0 Å². The van der Waals surface area contributed by atoms with Gasteiger partial charge in [0.25, 0.3) is 0 Å². The number of hydrogen-bond donors (Lipinski definition) is 1. The van der Waals surface area contributed by atoms with Crippen LogP contribution in [0.4, 0.5) is 4.79 Å². The number of rotatable bonds is 6. The molecule has 0 radical (unpaired) electrons. The van der Waals surface area contributed by atoms with E-state index >= 15 is 0 Å². The van der Waals surface area contributed by atoms with Gasteiger partial charge in [-0.15, -0.1) is 0 Å². The molecule has 0 saturated carbocycles. The molecule has 0 aromatic heterocycles. The van der Waals surface area contributed by atoms with Gasteiger partial charge in [-0.05, 0) is 33.1 Å². The number of hydrogen-bond acceptors (Lipinski definition) is 3. The highest BCUT2D eigenvalue weighted by molar-refractivity contribution is 5.75. The van der Waals surface area contributed by atoms with Crippen LogP contribution in [-0.2, 0) is 9.53 Å². The molecule has 0 spiro atoms. The van der Waals surface area contributed by atoms with Gasteiger partial charge >= 0.3 is 12.0 Å². The SMILES string of the molecule is CC(C)N(CCCC(=O)O)C(=O)N(C)C1CCOCC1. The van der Waals surface area contributed by atoms with Crippen LogP contribution in [-0.4, -0.2) is 65.8 Å². The molecule has 0 aliphatic carbocycles. The van der Waals surface area contributed by atoms with Crippen LogP contribution in [0.1, 0.15) is 39.5 Å². The van der Waals surface area contributed by atoms with Crippen molar-refractivity contribution in [1.29, 1.82) is 0 Å². The number of carbonyl (C=O) groups excluding carboxylic acids is 1. The lowest BCUT2D eigenvalue weighted by atomic mass is 10.1. The molecule has 6 nitrogen and oxygen atoms in total. The van der Waals surface area contributed by atoms with Crippen LogP contribution in [0.15, 0.2) is 0 Å². The van der Waals surface area contributed by atoms with Gasteiger partial charge in [0.15, 0.2) is 0 Å². The van der Waals surface area contributed by atoms with Gasteiger partial charge in [0, 0.05) is 45.3 Å². The van der Waals surface area contributed by atoms with Gasteiger partial charge in [-0.3, -0.25) is 4.79 Å². The summed E-state index contributed by atoms with van der Waals surface area (Å²) in [5, 5.41) is 8.69. The second-order valence-corrected chi connectivity index (χ2v) is 5.52. The predicted molar refractivity (Wildman–Crippen MR) is 75.7 cm³/mol. The van der Waals surface area contributed by atoms with Crippen LogP contribution in [0.5, 0.6) is 0 Å². The van der Waals surface area contributed by atoms with E-state index in [1.54, 1.807) is 9.80 Å².